The summed E-state index contributed by atoms with van der Waals surface area (Å²) in [6.07, 6.45) is 4.02. The summed E-state index contributed by atoms with van der Waals surface area (Å²) >= 11 is 5.94. The maximum Gasteiger partial charge on any atom is 0.0522 e. The monoisotopic (exact) mass is 291 g/mol. The zero-order chi connectivity index (χ0) is 14.4. The van der Waals surface area contributed by atoms with Gasteiger partial charge in [0.15, 0.2) is 0 Å². The lowest BCUT2D eigenvalue weighted by molar-refractivity contribution is 0.487. The molecule has 0 radical (unpaired) electrons. The van der Waals surface area contributed by atoms with Crippen molar-refractivity contribution in [1.29, 1.82) is 0 Å². The van der Waals surface area contributed by atoms with Gasteiger partial charge in [-0.3, -0.25) is 4.68 Å². The Bertz CT molecular complexity index is 519. The molecule has 1 aromatic heterocycles. The van der Waals surface area contributed by atoms with Crippen molar-refractivity contribution in [2.45, 2.75) is 45.8 Å². The van der Waals surface area contributed by atoms with Crippen LogP contribution in [0.4, 0.5) is 0 Å². The third kappa shape index (κ3) is 3.84. The molecule has 1 atom stereocenters. The second kappa shape index (κ2) is 7.46. The average Bonchev–Trinajstić information content (AvgIpc) is 2.89. The summed E-state index contributed by atoms with van der Waals surface area (Å²) < 4.78 is 2.07. The van der Waals surface area contributed by atoms with Crippen LogP contribution in [0.2, 0.25) is 5.02 Å². The van der Waals surface area contributed by atoms with Gasteiger partial charge in [-0.25, -0.2) is 0 Å². The zero-order valence-electron chi connectivity index (χ0n) is 12.1. The number of benzene rings is 1. The van der Waals surface area contributed by atoms with Crippen molar-refractivity contribution in [3.05, 3.63) is 52.8 Å². The highest BCUT2D eigenvalue weighted by Gasteiger charge is 2.10. The van der Waals surface area contributed by atoms with E-state index in [1.165, 1.54) is 11.3 Å². The van der Waals surface area contributed by atoms with Crippen molar-refractivity contribution in [3.8, 4) is 0 Å². The summed E-state index contributed by atoms with van der Waals surface area (Å²) in [4.78, 5) is 0. The van der Waals surface area contributed by atoms with Crippen molar-refractivity contribution in [1.82, 2.24) is 15.1 Å². The predicted octanol–water partition coefficient (Wildman–Crippen LogP) is 4.19. The number of nitrogens with one attached hydrogen (secondary N) is 1. The van der Waals surface area contributed by atoms with E-state index in [9.17, 15) is 0 Å². The van der Waals surface area contributed by atoms with Gasteiger partial charge in [0.05, 0.1) is 5.69 Å². The second-order valence-electron chi connectivity index (χ2n) is 4.94. The molecule has 1 N–H and O–H groups in total. The number of nitrogens with zero attached hydrogens (tertiary/aromatic N) is 2. The highest BCUT2D eigenvalue weighted by molar-refractivity contribution is 6.30. The normalized spacial score (nSPS) is 12.6. The van der Waals surface area contributed by atoms with Gasteiger partial charge in [0.2, 0.25) is 0 Å². The molecule has 0 saturated heterocycles. The first-order chi connectivity index (χ1) is 9.74. The molecule has 108 valence electrons. The molecule has 0 aliphatic heterocycles. The van der Waals surface area contributed by atoms with Crippen LogP contribution in [-0.2, 0) is 13.1 Å². The predicted molar refractivity (Wildman–Crippen MR) is 83.8 cm³/mol. The van der Waals surface area contributed by atoms with Crippen molar-refractivity contribution in [2.75, 3.05) is 0 Å². The SMILES string of the molecule is CCCn1nccc1CNC(CC)c1ccc(Cl)cc1. The first-order valence-corrected chi connectivity index (χ1v) is 7.62. The fourth-order valence-electron chi connectivity index (χ4n) is 2.34. The van der Waals surface area contributed by atoms with Crippen molar-refractivity contribution >= 4 is 11.6 Å². The molecule has 3 nitrogen and oxygen atoms in total. The Morgan fingerprint density at radius 3 is 2.60 bits per heavy atom. The second-order valence-corrected chi connectivity index (χ2v) is 5.38. The Morgan fingerprint density at radius 1 is 1.20 bits per heavy atom. The van der Waals surface area contributed by atoms with E-state index in [1.54, 1.807) is 0 Å². The molecule has 1 heterocycles. The van der Waals surface area contributed by atoms with Gasteiger partial charge in [0, 0.05) is 30.4 Å². The summed E-state index contributed by atoms with van der Waals surface area (Å²) in [6.45, 7) is 6.17. The number of hydrogen-bond acceptors (Lipinski definition) is 2. The largest absolute Gasteiger partial charge is 0.304 e. The maximum absolute atomic E-state index is 5.94. The third-order valence-electron chi connectivity index (χ3n) is 3.45. The summed E-state index contributed by atoms with van der Waals surface area (Å²) in [5.74, 6) is 0. The van der Waals surface area contributed by atoms with Gasteiger partial charge in [-0.15, -0.1) is 0 Å². The maximum atomic E-state index is 5.94. The Balaban J connectivity index is 2.00. The Labute approximate surface area is 126 Å². The van der Waals surface area contributed by atoms with Crippen LogP contribution in [0.25, 0.3) is 0 Å². The highest BCUT2D eigenvalue weighted by atomic mass is 35.5. The van der Waals surface area contributed by atoms with E-state index >= 15 is 0 Å². The van der Waals surface area contributed by atoms with E-state index in [0.29, 0.717) is 6.04 Å². The Kier molecular flexibility index (Phi) is 5.62. The number of hydrogen-bond donors (Lipinski definition) is 1. The molecule has 0 aliphatic rings. The molecule has 0 amide bonds. The van der Waals surface area contributed by atoms with Crippen LogP contribution >= 0.6 is 11.6 Å². The van der Waals surface area contributed by atoms with Crippen LogP contribution in [0.3, 0.4) is 0 Å². The minimum atomic E-state index is 0.345. The lowest BCUT2D eigenvalue weighted by Gasteiger charge is -2.18. The van der Waals surface area contributed by atoms with Crippen molar-refractivity contribution in [3.63, 3.8) is 0 Å². The van der Waals surface area contributed by atoms with Crippen LogP contribution in [0, 0.1) is 0 Å². The van der Waals surface area contributed by atoms with Gasteiger partial charge in [0.25, 0.3) is 0 Å². The Hall–Kier alpha value is -1.32. The minimum absolute atomic E-state index is 0.345. The van der Waals surface area contributed by atoms with Crippen LogP contribution in [0.15, 0.2) is 36.5 Å². The van der Waals surface area contributed by atoms with Gasteiger partial charge in [-0.1, -0.05) is 37.6 Å². The van der Waals surface area contributed by atoms with E-state index in [4.69, 9.17) is 11.6 Å². The van der Waals surface area contributed by atoms with Gasteiger partial charge < -0.3 is 5.32 Å². The lowest BCUT2D eigenvalue weighted by atomic mass is 10.0. The fourth-order valence-corrected chi connectivity index (χ4v) is 2.47. The quantitative estimate of drug-likeness (QED) is 0.829. The lowest BCUT2D eigenvalue weighted by Crippen LogP contribution is -2.22. The van der Waals surface area contributed by atoms with Gasteiger partial charge in [-0.05, 0) is 36.6 Å². The van der Waals surface area contributed by atoms with Crippen molar-refractivity contribution < 1.29 is 0 Å². The van der Waals surface area contributed by atoms with E-state index < -0.39 is 0 Å². The fraction of sp³-hybridized carbons (Fsp3) is 0.438. The molecule has 0 fully saturated rings. The van der Waals surface area contributed by atoms with Crippen LogP contribution < -0.4 is 5.32 Å². The van der Waals surface area contributed by atoms with Crippen LogP contribution in [0.1, 0.15) is 44.0 Å². The molecule has 0 saturated carbocycles. The highest BCUT2D eigenvalue weighted by Crippen LogP contribution is 2.19. The van der Waals surface area contributed by atoms with Crippen molar-refractivity contribution in [2.24, 2.45) is 0 Å². The van der Waals surface area contributed by atoms with Crippen LogP contribution in [0.5, 0.6) is 0 Å². The molecule has 20 heavy (non-hydrogen) atoms. The molecule has 0 bridgehead atoms. The van der Waals surface area contributed by atoms with Gasteiger partial charge >= 0.3 is 0 Å². The first-order valence-electron chi connectivity index (χ1n) is 7.24. The molecular weight excluding hydrogens is 270 g/mol. The van der Waals surface area contributed by atoms with Gasteiger partial charge in [-0.2, -0.15) is 5.10 Å². The van der Waals surface area contributed by atoms with E-state index in [-0.39, 0.29) is 0 Å². The minimum Gasteiger partial charge on any atom is -0.304 e. The molecule has 4 heteroatoms. The standard InChI is InChI=1S/C16H22ClN3/c1-3-11-20-15(9-10-19-20)12-18-16(4-2)13-5-7-14(17)8-6-13/h5-10,16,18H,3-4,11-12H2,1-2H3. The summed E-state index contributed by atoms with van der Waals surface area (Å²) in [5, 5.41) is 8.74. The van der Waals surface area contributed by atoms with E-state index in [2.05, 4.69) is 47.1 Å². The van der Waals surface area contributed by atoms with Crippen LogP contribution in [-0.4, -0.2) is 9.78 Å². The average molecular weight is 292 g/mol. The number of rotatable bonds is 7. The zero-order valence-corrected chi connectivity index (χ0v) is 12.9. The number of halogens is 1. The molecule has 0 spiro atoms. The topological polar surface area (TPSA) is 29.9 Å². The summed E-state index contributed by atoms with van der Waals surface area (Å²) in [6, 6.07) is 10.5. The number of aromatic nitrogens is 2. The molecule has 1 aromatic carbocycles. The molecule has 1 unspecified atom stereocenters. The molecular formula is C16H22ClN3. The Morgan fingerprint density at radius 2 is 1.95 bits per heavy atom. The summed E-state index contributed by atoms with van der Waals surface area (Å²) in [7, 11) is 0. The summed E-state index contributed by atoms with van der Waals surface area (Å²) in [5.41, 5.74) is 2.51. The molecule has 2 aromatic rings. The number of aryl methyl sites for hydroxylation is 1. The molecule has 2 rings (SSSR count). The third-order valence-corrected chi connectivity index (χ3v) is 3.70. The molecule has 0 aliphatic carbocycles. The first kappa shape index (κ1) is 15.1. The van der Waals surface area contributed by atoms with E-state index in [1.807, 2.05) is 18.3 Å². The van der Waals surface area contributed by atoms with Gasteiger partial charge in [0.1, 0.15) is 0 Å². The smallest absolute Gasteiger partial charge is 0.0522 e. The van der Waals surface area contributed by atoms with E-state index in [0.717, 1.165) is 31.0 Å².